The molecule has 0 aromatic heterocycles. The van der Waals surface area contributed by atoms with Crippen LogP contribution in [0.1, 0.15) is 33.6 Å². The molecule has 0 spiro atoms. The van der Waals surface area contributed by atoms with E-state index in [9.17, 15) is 4.39 Å². The number of aliphatic imine (C=N–C) groups is 1. The molecule has 2 atom stereocenters. The summed E-state index contributed by atoms with van der Waals surface area (Å²) >= 11 is 0. The Hall–Kier alpha value is -1.86. The Balaban J connectivity index is 1.50. The van der Waals surface area contributed by atoms with Crippen molar-refractivity contribution in [2.45, 2.75) is 51.7 Å². The maximum absolute atomic E-state index is 13.5. The molecular formula is C22H36FN5O. The van der Waals surface area contributed by atoms with Crippen molar-refractivity contribution in [3.63, 3.8) is 0 Å². The molecule has 3 rings (SSSR count). The molecule has 2 saturated heterocycles. The second kappa shape index (κ2) is 10.8. The van der Waals surface area contributed by atoms with Gasteiger partial charge >= 0.3 is 0 Å². The van der Waals surface area contributed by atoms with Crippen molar-refractivity contribution in [3.8, 4) is 0 Å². The highest BCUT2D eigenvalue weighted by Gasteiger charge is 2.24. The molecule has 2 aliphatic heterocycles. The van der Waals surface area contributed by atoms with Crippen LogP contribution >= 0.6 is 0 Å². The van der Waals surface area contributed by atoms with Crippen LogP contribution < -0.4 is 15.5 Å². The Morgan fingerprint density at radius 1 is 1.31 bits per heavy atom. The average molecular weight is 406 g/mol. The first-order chi connectivity index (χ1) is 14.1. The second-order valence-electron chi connectivity index (χ2n) is 8.12. The number of hydrogen-bond acceptors (Lipinski definition) is 4. The van der Waals surface area contributed by atoms with Gasteiger partial charge in [-0.15, -0.1) is 0 Å². The Kier molecular flexibility index (Phi) is 8.12. The zero-order chi connectivity index (χ0) is 20.6. The fraction of sp³-hybridized carbons (Fsp3) is 0.682. The number of benzene rings is 1. The average Bonchev–Trinajstić information content (AvgIpc) is 2.73. The Morgan fingerprint density at radius 3 is 2.79 bits per heavy atom. The molecule has 2 aliphatic rings. The third-order valence-electron chi connectivity index (χ3n) is 5.85. The third kappa shape index (κ3) is 6.31. The van der Waals surface area contributed by atoms with Crippen LogP contribution in [-0.2, 0) is 4.74 Å². The lowest BCUT2D eigenvalue weighted by atomic mass is 10.0. The molecule has 162 valence electrons. The molecule has 0 aliphatic carbocycles. The van der Waals surface area contributed by atoms with Gasteiger partial charge in [-0.05, 0) is 51.8 Å². The van der Waals surface area contributed by atoms with Crippen LogP contribution in [0.2, 0.25) is 0 Å². The summed E-state index contributed by atoms with van der Waals surface area (Å²) in [5.41, 5.74) is 0.970. The molecule has 1 aromatic carbocycles. The van der Waals surface area contributed by atoms with E-state index in [4.69, 9.17) is 9.73 Å². The van der Waals surface area contributed by atoms with E-state index in [0.717, 1.165) is 70.4 Å². The molecule has 2 heterocycles. The van der Waals surface area contributed by atoms with Crippen LogP contribution in [0.15, 0.2) is 29.3 Å². The van der Waals surface area contributed by atoms with Gasteiger partial charge in [0.25, 0.3) is 0 Å². The molecule has 0 saturated carbocycles. The lowest BCUT2D eigenvalue weighted by molar-refractivity contribution is -0.0165. The van der Waals surface area contributed by atoms with Crippen molar-refractivity contribution in [1.29, 1.82) is 0 Å². The number of nitrogens with zero attached hydrogens (tertiary/aromatic N) is 3. The maximum atomic E-state index is 13.5. The maximum Gasteiger partial charge on any atom is 0.191 e. The molecule has 0 bridgehead atoms. The number of nitrogens with one attached hydrogen (secondary N) is 2. The van der Waals surface area contributed by atoms with Crippen molar-refractivity contribution in [3.05, 3.63) is 30.1 Å². The van der Waals surface area contributed by atoms with Crippen LogP contribution in [0.4, 0.5) is 10.1 Å². The Labute approximate surface area is 174 Å². The third-order valence-corrected chi connectivity index (χ3v) is 5.85. The van der Waals surface area contributed by atoms with Crippen LogP contribution in [0, 0.1) is 5.82 Å². The number of rotatable bonds is 6. The van der Waals surface area contributed by atoms with Gasteiger partial charge in [0.1, 0.15) is 5.82 Å². The molecule has 29 heavy (non-hydrogen) atoms. The van der Waals surface area contributed by atoms with E-state index in [0.29, 0.717) is 18.1 Å². The molecular weight excluding hydrogens is 369 g/mol. The standard InChI is InChI=1S/C22H36FN5O/c1-4-24-22(25-15-17(2)28-12-13-29-16-18(28)3)26-20-8-10-27(11-9-20)21-7-5-6-19(23)14-21/h5-7,14,17-18,20H,4,8-13,15-16H2,1-3H3,(H2,24,25,26). The zero-order valence-electron chi connectivity index (χ0n) is 18.0. The molecule has 1 aromatic rings. The van der Waals surface area contributed by atoms with Crippen LogP contribution in [0.5, 0.6) is 0 Å². The van der Waals surface area contributed by atoms with Gasteiger partial charge < -0.3 is 20.3 Å². The molecule has 6 nitrogen and oxygen atoms in total. The van der Waals surface area contributed by atoms with Crippen LogP contribution in [0.25, 0.3) is 0 Å². The highest BCUT2D eigenvalue weighted by atomic mass is 19.1. The van der Waals surface area contributed by atoms with Crippen LogP contribution in [-0.4, -0.2) is 74.9 Å². The van der Waals surface area contributed by atoms with E-state index in [1.54, 1.807) is 12.1 Å². The summed E-state index contributed by atoms with van der Waals surface area (Å²) in [5.74, 6) is 0.720. The van der Waals surface area contributed by atoms with E-state index in [1.807, 2.05) is 6.07 Å². The van der Waals surface area contributed by atoms with E-state index < -0.39 is 0 Å². The first-order valence-corrected chi connectivity index (χ1v) is 11.0. The summed E-state index contributed by atoms with van der Waals surface area (Å²) in [6.45, 7) is 12.6. The predicted molar refractivity (Wildman–Crippen MR) is 117 cm³/mol. The van der Waals surface area contributed by atoms with E-state index >= 15 is 0 Å². The molecule has 7 heteroatoms. The van der Waals surface area contributed by atoms with Crippen molar-refractivity contribution in [1.82, 2.24) is 15.5 Å². The van der Waals surface area contributed by atoms with Crippen molar-refractivity contribution < 1.29 is 9.13 Å². The first kappa shape index (κ1) is 21.8. The molecule has 2 N–H and O–H groups in total. The van der Waals surface area contributed by atoms with Gasteiger partial charge in [0.15, 0.2) is 5.96 Å². The second-order valence-corrected chi connectivity index (χ2v) is 8.12. The van der Waals surface area contributed by atoms with Gasteiger partial charge in [0, 0.05) is 50.0 Å². The van der Waals surface area contributed by atoms with Crippen molar-refractivity contribution in [2.24, 2.45) is 4.99 Å². The molecule has 2 unspecified atom stereocenters. The van der Waals surface area contributed by atoms with Gasteiger partial charge in [-0.1, -0.05) is 6.07 Å². The van der Waals surface area contributed by atoms with E-state index in [1.165, 1.54) is 6.07 Å². The Morgan fingerprint density at radius 2 is 2.10 bits per heavy atom. The lowest BCUT2D eigenvalue weighted by Crippen LogP contribution is -2.51. The number of piperidine rings is 1. The quantitative estimate of drug-likeness (QED) is 0.563. The highest BCUT2D eigenvalue weighted by molar-refractivity contribution is 5.80. The van der Waals surface area contributed by atoms with Gasteiger partial charge in [-0.3, -0.25) is 9.89 Å². The lowest BCUT2D eigenvalue weighted by Gasteiger charge is -2.37. The summed E-state index contributed by atoms with van der Waals surface area (Å²) in [6, 6.07) is 8.09. The van der Waals surface area contributed by atoms with Crippen LogP contribution in [0.3, 0.4) is 0 Å². The van der Waals surface area contributed by atoms with Gasteiger partial charge in [-0.25, -0.2) is 4.39 Å². The topological polar surface area (TPSA) is 52.1 Å². The van der Waals surface area contributed by atoms with E-state index in [-0.39, 0.29) is 5.82 Å². The number of morpholine rings is 1. The summed E-state index contributed by atoms with van der Waals surface area (Å²) in [7, 11) is 0. The largest absolute Gasteiger partial charge is 0.379 e. The Bertz CT molecular complexity index is 662. The number of hydrogen-bond donors (Lipinski definition) is 2. The van der Waals surface area contributed by atoms with E-state index in [2.05, 4.69) is 41.2 Å². The minimum absolute atomic E-state index is 0.173. The zero-order valence-corrected chi connectivity index (χ0v) is 18.0. The molecule has 0 radical (unpaired) electrons. The number of guanidine groups is 1. The fourth-order valence-corrected chi connectivity index (χ4v) is 4.19. The minimum atomic E-state index is -0.173. The highest BCUT2D eigenvalue weighted by Crippen LogP contribution is 2.20. The summed E-state index contributed by atoms with van der Waals surface area (Å²) < 4.78 is 19.0. The summed E-state index contributed by atoms with van der Waals surface area (Å²) in [4.78, 5) is 9.59. The summed E-state index contributed by atoms with van der Waals surface area (Å²) in [5, 5.41) is 6.99. The first-order valence-electron chi connectivity index (χ1n) is 11.0. The monoisotopic (exact) mass is 405 g/mol. The van der Waals surface area contributed by atoms with Crippen molar-refractivity contribution in [2.75, 3.05) is 50.8 Å². The van der Waals surface area contributed by atoms with Gasteiger partial charge in [0.2, 0.25) is 0 Å². The fourth-order valence-electron chi connectivity index (χ4n) is 4.19. The number of ether oxygens (including phenoxy) is 1. The van der Waals surface area contributed by atoms with Gasteiger partial charge in [0.05, 0.1) is 19.8 Å². The summed E-state index contributed by atoms with van der Waals surface area (Å²) in [6.07, 6.45) is 2.02. The number of halogens is 1. The van der Waals surface area contributed by atoms with Crippen molar-refractivity contribution >= 4 is 11.6 Å². The SMILES string of the molecule is CCNC(=NCC(C)N1CCOCC1C)NC1CCN(c2cccc(F)c2)CC1. The minimum Gasteiger partial charge on any atom is -0.379 e. The normalized spacial score (nSPS) is 23.1. The molecule has 0 amide bonds. The number of anilines is 1. The molecule has 2 fully saturated rings. The smallest absolute Gasteiger partial charge is 0.191 e. The predicted octanol–water partition coefficient (Wildman–Crippen LogP) is 2.46. The van der Waals surface area contributed by atoms with Gasteiger partial charge in [-0.2, -0.15) is 0 Å².